The van der Waals surface area contributed by atoms with Gasteiger partial charge in [-0.25, -0.2) is 8.78 Å². The number of nitrogens with one attached hydrogen (secondary N) is 1. The number of hydrogen-bond donors (Lipinski definition) is 1. The Labute approximate surface area is 117 Å². The van der Waals surface area contributed by atoms with Gasteiger partial charge in [0.1, 0.15) is 11.6 Å². The van der Waals surface area contributed by atoms with Crippen molar-refractivity contribution in [2.24, 2.45) is 0 Å². The van der Waals surface area contributed by atoms with E-state index in [9.17, 15) is 8.78 Å². The van der Waals surface area contributed by atoms with Gasteiger partial charge in [-0.05, 0) is 30.3 Å². The summed E-state index contributed by atoms with van der Waals surface area (Å²) in [6, 6.07) is 9.18. The molecule has 0 radical (unpaired) electrons. The third kappa shape index (κ3) is 3.21. The molecule has 0 spiro atoms. The second-order valence-electron chi connectivity index (χ2n) is 3.72. The van der Waals surface area contributed by atoms with Gasteiger partial charge in [0.2, 0.25) is 0 Å². The van der Waals surface area contributed by atoms with Gasteiger partial charge in [-0.15, -0.1) is 0 Å². The molecule has 0 aliphatic rings. The Morgan fingerprint density at radius 3 is 2.50 bits per heavy atom. The van der Waals surface area contributed by atoms with Crippen LogP contribution in [0.5, 0.6) is 0 Å². The van der Waals surface area contributed by atoms with Gasteiger partial charge in [0, 0.05) is 22.3 Å². The van der Waals surface area contributed by atoms with Crippen molar-refractivity contribution in [1.29, 1.82) is 0 Å². The van der Waals surface area contributed by atoms with E-state index in [0.29, 0.717) is 15.7 Å². The lowest BCUT2D eigenvalue weighted by Gasteiger charge is -2.08. The fraction of sp³-hybridized carbons (Fsp3) is 0.0769. The van der Waals surface area contributed by atoms with Crippen molar-refractivity contribution in [2.45, 2.75) is 6.54 Å². The number of halogens is 4. The molecule has 0 bridgehead atoms. The number of benzene rings is 2. The van der Waals surface area contributed by atoms with Crippen molar-refractivity contribution >= 4 is 33.2 Å². The summed E-state index contributed by atoms with van der Waals surface area (Å²) in [5, 5.41) is 3.00. The Hall–Kier alpha value is -1.13. The maximum absolute atomic E-state index is 13.5. The lowest BCUT2D eigenvalue weighted by molar-refractivity contribution is 0.612. The first-order valence-electron chi connectivity index (χ1n) is 5.19. The standard InChI is InChI=1S/C13H9BrClF2N/c14-9-2-1-8(12(16)5-9)7-18-10-3-4-11(15)13(17)6-10/h1-6,18H,7H2. The molecule has 0 saturated carbocycles. The summed E-state index contributed by atoms with van der Waals surface area (Å²) in [5.41, 5.74) is 1.06. The zero-order chi connectivity index (χ0) is 13.1. The Morgan fingerprint density at radius 2 is 1.83 bits per heavy atom. The maximum atomic E-state index is 13.5. The van der Waals surface area contributed by atoms with E-state index in [1.165, 1.54) is 18.2 Å². The van der Waals surface area contributed by atoms with Crippen LogP contribution in [-0.4, -0.2) is 0 Å². The molecular weight excluding hydrogens is 324 g/mol. The highest BCUT2D eigenvalue weighted by atomic mass is 79.9. The molecule has 18 heavy (non-hydrogen) atoms. The molecule has 0 aromatic heterocycles. The first-order chi connectivity index (χ1) is 8.56. The Bertz CT molecular complexity index is 575. The van der Waals surface area contributed by atoms with Gasteiger partial charge >= 0.3 is 0 Å². The van der Waals surface area contributed by atoms with Crippen LogP contribution in [0.1, 0.15) is 5.56 Å². The third-order valence-corrected chi connectivity index (χ3v) is 3.22. The summed E-state index contributed by atoms with van der Waals surface area (Å²) in [6.07, 6.45) is 0. The van der Waals surface area contributed by atoms with Crippen LogP contribution in [-0.2, 0) is 6.54 Å². The molecule has 2 aromatic rings. The Balaban J connectivity index is 2.09. The van der Waals surface area contributed by atoms with E-state index in [1.807, 2.05) is 0 Å². The number of hydrogen-bond acceptors (Lipinski definition) is 1. The van der Waals surface area contributed by atoms with Gasteiger partial charge in [-0.2, -0.15) is 0 Å². The van der Waals surface area contributed by atoms with Crippen LogP contribution in [0.2, 0.25) is 5.02 Å². The van der Waals surface area contributed by atoms with Crippen molar-refractivity contribution in [2.75, 3.05) is 5.32 Å². The second-order valence-corrected chi connectivity index (χ2v) is 5.04. The minimum absolute atomic E-state index is 0.0652. The molecule has 0 aliphatic heterocycles. The van der Waals surface area contributed by atoms with Gasteiger partial charge < -0.3 is 5.32 Å². The normalized spacial score (nSPS) is 10.4. The van der Waals surface area contributed by atoms with E-state index < -0.39 is 5.82 Å². The van der Waals surface area contributed by atoms with Gasteiger partial charge in [-0.1, -0.05) is 33.6 Å². The molecule has 1 nitrogen and oxygen atoms in total. The monoisotopic (exact) mass is 331 g/mol. The third-order valence-electron chi connectivity index (χ3n) is 2.42. The minimum Gasteiger partial charge on any atom is -0.381 e. The molecule has 94 valence electrons. The minimum atomic E-state index is -0.502. The van der Waals surface area contributed by atoms with Crippen LogP contribution in [0.25, 0.3) is 0 Å². The highest BCUT2D eigenvalue weighted by molar-refractivity contribution is 9.10. The van der Waals surface area contributed by atoms with E-state index in [-0.39, 0.29) is 17.4 Å². The molecule has 0 fully saturated rings. The largest absolute Gasteiger partial charge is 0.381 e. The quantitative estimate of drug-likeness (QED) is 0.834. The molecule has 0 atom stereocenters. The van der Waals surface area contributed by atoms with Crippen LogP contribution in [0.4, 0.5) is 14.5 Å². The first kappa shape index (κ1) is 13.3. The Kier molecular flexibility index (Phi) is 4.19. The van der Waals surface area contributed by atoms with E-state index in [0.717, 1.165) is 0 Å². The fourth-order valence-electron chi connectivity index (χ4n) is 1.47. The van der Waals surface area contributed by atoms with Crippen molar-refractivity contribution < 1.29 is 8.78 Å². The summed E-state index contributed by atoms with van der Waals surface area (Å²) in [6.45, 7) is 0.278. The molecule has 0 amide bonds. The fourth-order valence-corrected chi connectivity index (χ4v) is 1.92. The van der Waals surface area contributed by atoms with E-state index in [4.69, 9.17) is 11.6 Å². The Morgan fingerprint density at radius 1 is 1.06 bits per heavy atom. The maximum Gasteiger partial charge on any atom is 0.143 e. The van der Waals surface area contributed by atoms with Crippen LogP contribution >= 0.6 is 27.5 Å². The summed E-state index contributed by atoms with van der Waals surface area (Å²) in [7, 11) is 0. The molecule has 5 heteroatoms. The number of rotatable bonds is 3. The van der Waals surface area contributed by atoms with Gasteiger partial charge in [-0.3, -0.25) is 0 Å². The SMILES string of the molecule is Fc1cc(NCc2ccc(Br)cc2F)ccc1Cl. The van der Waals surface area contributed by atoms with Gasteiger partial charge in [0.05, 0.1) is 5.02 Å². The highest BCUT2D eigenvalue weighted by Gasteiger charge is 2.04. The van der Waals surface area contributed by atoms with Crippen LogP contribution in [0, 0.1) is 11.6 Å². The molecule has 2 aromatic carbocycles. The summed E-state index contributed by atoms with van der Waals surface area (Å²) in [4.78, 5) is 0. The summed E-state index contributed by atoms with van der Waals surface area (Å²) < 4.78 is 27.4. The molecule has 0 heterocycles. The van der Waals surface area contributed by atoms with E-state index >= 15 is 0 Å². The van der Waals surface area contributed by atoms with Crippen molar-refractivity contribution in [1.82, 2.24) is 0 Å². The van der Waals surface area contributed by atoms with Crippen LogP contribution < -0.4 is 5.32 Å². The highest BCUT2D eigenvalue weighted by Crippen LogP contribution is 2.20. The van der Waals surface area contributed by atoms with Crippen LogP contribution in [0.3, 0.4) is 0 Å². The van der Waals surface area contributed by atoms with Crippen molar-refractivity contribution in [3.05, 3.63) is 63.1 Å². The molecule has 0 saturated heterocycles. The summed E-state index contributed by atoms with van der Waals surface area (Å²) >= 11 is 8.76. The van der Waals surface area contributed by atoms with Crippen molar-refractivity contribution in [3.8, 4) is 0 Å². The van der Waals surface area contributed by atoms with E-state index in [1.54, 1.807) is 18.2 Å². The average Bonchev–Trinajstić information content (AvgIpc) is 2.32. The summed E-state index contributed by atoms with van der Waals surface area (Å²) in [5.74, 6) is -0.816. The molecule has 1 N–H and O–H groups in total. The van der Waals surface area contributed by atoms with Crippen LogP contribution in [0.15, 0.2) is 40.9 Å². The molecule has 0 unspecified atom stereocenters. The topological polar surface area (TPSA) is 12.0 Å². The van der Waals surface area contributed by atoms with Gasteiger partial charge in [0.15, 0.2) is 0 Å². The lowest BCUT2D eigenvalue weighted by Crippen LogP contribution is -2.02. The van der Waals surface area contributed by atoms with Crippen molar-refractivity contribution in [3.63, 3.8) is 0 Å². The molecule has 2 rings (SSSR count). The smallest absolute Gasteiger partial charge is 0.143 e. The molecular formula is C13H9BrClF2N. The first-order valence-corrected chi connectivity index (χ1v) is 6.36. The second kappa shape index (κ2) is 5.67. The average molecular weight is 333 g/mol. The predicted octanol–water partition coefficient (Wildman–Crippen LogP) is 4.99. The van der Waals surface area contributed by atoms with E-state index in [2.05, 4.69) is 21.2 Å². The zero-order valence-corrected chi connectivity index (χ0v) is 11.5. The molecule has 0 aliphatic carbocycles. The predicted molar refractivity (Wildman–Crippen MR) is 72.8 cm³/mol. The van der Waals surface area contributed by atoms with Gasteiger partial charge in [0.25, 0.3) is 0 Å². The lowest BCUT2D eigenvalue weighted by atomic mass is 10.2. The zero-order valence-electron chi connectivity index (χ0n) is 9.18. The number of anilines is 1.